The highest BCUT2D eigenvalue weighted by Crippen LogP contribution is 2.36. The van der Waals surface area contributed by atoms with E-state index in [-0.39, 0.29) is 36.0 Å². The summed E-state index contributed by atoms with van der Waals surface area (Å²) in [6.07, 6.45) is 1.95. The maximum Gasteiger partial charge on any atom is 0.251 e. The zero-order chi connectivity index (χ0) is 25.3. The van der Waals surface area contributed by atoms with Gasteiger partial charge in [-0.2, -0.15) is 0 Å². The number of likely N-dealkylation sites (N-methyl/N-ethyl adjacent to an activating group) is 1. The van der Waals surface area contributed by atoms with Gasteiger partial charge in [0.2, 0.25) is 11.8 Å². The van der Waals surface area contributed by atoms with Crippen molar-refractivity contribution in [3.63, 3.8) is 0 Å². The normalized spacial score (nSPS) is 16.3. The number of nitrogens with one attached hydrogen (secondary N) is 3. The maximum atomic E-state index is 13.8. The van der Waals surface area contributed by atoms with E-state index in [1.54, 1.807) is 18.9 Å². The van der Waals surface area contributed by atoms with E-state index in [0.717, 1.165) is 22.0 Å². The molecule has 1 aliphatic heterocycles. The Balaban J connectivity index is 0.00000361. The van der Waals surface area contributed by atoms with Gasteiger partial charge in [-0.1, -0.05) is 44.2 Å². The van der Waals surface area contributed by atoms with E-state index in [1.807, 2.05) is 80.2 Å². The molecule has 3 amide bonds. The molecular weight excluding hydrogens is 478 g/mol. The van der Waals surface area contributed by atoms with Crippen molar-refractivity contribution in [1.29, 1.82) is 0 Å². The first-order valence-electron chi connectivity index (χ1n) is 11.9. The van der Waals surface area contributed by atoms with Crippen LogP contribution in [-0.4, -0.2) is 46.3 Å². The van der Waals surface area contributed by atoms with Crippen LogP contribution in [0.2, 0.25) is 0 Å². The van der Waals surface area contributed by atoms with Gasteiger partial charge in [-0.25, -0.2) is 0 Å². The van der Waals surface area contributed by atoms with Gasteiger partial charge in [-0.15, -0.1) is 12.4 Å². The third kappa shape index (κ3) is 5.10. The van der Waals surface area contributed by atoms with Gasteiger partial charge in [0, 0.05) is 30.7 Å². The second kappa shape index (κ2) is 11.1. The van der Waals surface area contributed by atoms with E-state index < -0.39 is 18.1 Å². The standard InChI is InChI=1S/C27H33N5O3.ClH/c1-16(2)23(30-25(33)17(3)28-4)27(35)32-15-18-9-6-7-10-19(18)24(32)26(34)29-21-11-8-12-22-20(21)13-14-31(22)5;/h6-14,16-17,23-24,28H,15H2,1-5H3,(H,29,34)(H,30,33);1H/t17-,23-,24?;/m0./s1. The molecule has 3 aromatic rings. The Morgan fingerprint density at radius 2 is 1.72 bits per heavy atom. The lowest BCUT2D eigenvalue weighted by molar-refractivity contribution is -0.143. The summed E-state index contributed by atoms with van der Waals surface area (Å²) in [5.41, 5.74) is 3.43. The van der Waals surface area contributed by atoms with Gasteiger partial charge in [0.05, 0.1) is 11.7 Å². The molecule has 2 heterocycles. The molecule has 1 unspecified atom stereocenters. The predicted octanol–water partition coefficient (Wildman–Crippen LogP) is 3.37. The molecule has 36 heavy (non-hydrogen) atoms. The quantitative estimate of drug-likeness (QED) is 0.453. The number of nitrogens with zero attached hydrogens (tertiary/aromatic N) is 2. The van der Waals surface area contributed by atoms with Crippen LogP contribution < -0.4 is 16.0 Å². The summed E-state index contributed by atoms with van der Waals surface area (Å²) in [6.45, 7) is 5.83. The number of hydrogen-bond donors (Lipinski definition) is 3. The zero-order valence-corrected chi connectivity index (χ0v) is 22.1. The number of amides is 3. The van der Waals surface area contributed by atoms with E-state index in [4.69, 9.17) is 0 Å². The Hall–Kier alpha value is -3.36. The van der Waals surface area contributed by atoms with Gasteiger partial charge in [0.1, 0.15) is 12.1 Å². The van der Waals surface area contributed by atoms with E-state index in [9.17, 15) is 14.4 Å². The minimum absolute atomic E-state index is 0. The van der Waals surface area contributed by atoms with Crippen molar-refractivity contribution < 1.29 is 14.4 Å². The number of benzene rings is 2. The van der Waals surface area contributed by atoms with Crippen molar-refractivity contribution in [2.75, 3.05) is 12.4 Å². The lowest BCUT2D eigenvalue weighted by Gasteiger charge is -2.31. The fourth-order valence-electron chi connectivity index (χ4n) is 4.59. The van der Waals surface area contributed by atoms with Crippen LogP contribution in [0.3, 0.4) is 0 Å². The van der Waals surface area contributed by atoms with Crippen molar-refractivity contribution in [2.45, 2.75) is 45.4 Å². The molecule has 0 saturated carbocycles. The van der Waals surface area contributed by atoms with Gasteiger partial charge in [0.15, 0.2) is 0 Å². The number of hydrogen-bond acceptors (Lipinski definition) is 4. The number of anilines is 1. The number of aromatic nitrogens is 1. The minimum atomic E-state index is -0.794. The fraction of sp³-hybridized carbons (Fsp3) is 0.370. The Morgan fingerprint density at radius 1 is 1.00 bits per heavy atom. The summed E-state index contributed by atoms with van der Waals surface area (Å²) >= 11 is 0. The van der Waals surface area contributed by atoms with E-state index in [2.05, 4.69) is 16.0 Å². The smallest absolute Gasteiger partial charge is 0.251 e. The van der Waals surface area contributed by atoms with E-state index in [1.165, 1.54) is 0 Å². The zero-order valence-electron chi connectivity index (χ0n) is 21.2. The molecule has 192 valence electrons. The first-order chi connectivity index (χ1) is 16.7. The summed E-state index contributed by atoms with van der Waals surface area (Å²) in [7, 11) is 3.65. The Kier molecular flexibility index (Phi) is 8.43. The average Bonchev–Trinajstić information content (AvgIpc) is 3.42. The lowest BCUT2D eigenvalue weighted by atomic mass is 10.0. The summed E-state index contributed by atoms with van der Waals surface area (Å²) in [5.74, 6) is -0.961. The molecule has 1 aromatic heterocycles. The Bertz CT molecular complexity index is 1270. The molecule has 0 spiro atoms. The van der Waals surface area contributed by atoms with Crippen molar-refractivity contribution in [3.05, 3.63) is 65.9 Å². The number of carbonyl (C=O) groups is 3. The second-order valence-electron chi connectivity index (χ2n) is 9.46. The molecule has 2 aromatic carbocycles. The van der Waals surface area contributed by atoms with Crippen LogP contribution in [0, 0.1) is 5.92 Å². The molecule has 3 atom stereocenters. The molecule has 0 radical (unpaired) electrons. The maximum absolute atomic E-state index is 13.8. The largest absolute Gasteiger partial charge is 0.350 e. The molecule has 0 saturated heterocycles. The molecular formula is C27H34ClN5O3. The first kappa shape index (κ1) is 27.2. The molecule has 0 aliphatic carbocycles. The Morgan fingerprint density at radius 3 is 2.42 bits per heavy atom. The minimum Gasteiger partial charge on any atom is -0.350 e. The van der Waals surface area contributed by atoms with Crippen LogP contribution in [0.15, 0.2) is 54.7 Å². The number of rotatable bonds is 7. The van der Waals surface area contributed by atoms with Crippen molar-refractivity contribution in [3.8, 4) is 0 Å². The number of halogens is 1. The second-order valence-corrected chi connectivity index (χ2v) is 9.46. The average molecular weight is 512 g/mol. The third-order valence-electron chi connectivity index (χ3n) is 6.78. The number of fused-ring (bicyclic) bond motifs is 2. The van der Waals surface area contributed by atoms with Crippen molar-refractivity contribution in [2.24, 2.45) is 13.0 Å². The molecule has 1 aliphatic rings. The molecule has 0 fully saturated rings. The molecule has 8 nitrogen and oxygen atoms in total. The Labute approximate surface area is 217 Å². The topological polar surface area (TPSA) is 95.5 Å². The highest BCUT2D eigenvalue weighted by Gasteiger charge is 2.42. The van der Waals surface area contributed by atoms with Gasteiger partial charge in [0.25, 0.3) is 5.91 Å². The predicted molar refractivity (Wildman–Crippen MR) is 144 cm³/mol. The lowest BCUT2D eigenvalue weighted by Crippen LogP contribution is -2.55. The summed E-state index contributed by atoms with van der Waals surface area (Å²) < 4.78 is 1.99. The van der Waals surface area contributed by atoms with Crippen molar-refractivity contribution >= 4 is 46.7 Å². The summed E-state index contributed by atoms with van der Waals surface area (Å²) in [6, 6.07) is 13.3. The van der Waals surface area contributed by atoms with E-state index in [0.29, 0.717) is 12.2 Å². The molecule has 3 N–H and O–H groups in total. The summed E-state index contributed by atoms with van der Waals surface area (Å²) in [4.78, 5) is 41.7. The molecule has 0 bridgehead atoms. The molecule has 4 rings (SSSR count). The van der Waals surface area contributed by atoms with Crippen LogP contribution in [0.4, 0.5) is 5.69 Å². The van der Waals surface area contributed by atoms with Gasteiger partial charge in [-0.3, -0.25) is 14.4 Å². The van der Waals surface area contributed by atoms with Crippen LogP contribution in [0.5, 0.6) is 0 Å². The van der Waals surface area contributed by atoms with Gasteiger partial charge >= 0.3 is 0 Å². The van der Waals surface area contributed by atoms with Gasteiger partial charge in [-0.05, 0) is 49.2 Å². The van der Waals surface area contributed by atoms with Crippen LogP contribution in [0.1, 0.15) is 37.9 Å². The summed E-state index contributed by atoms with van der Waals surface area (Å²) in [5, 5.41) is 9.77. The molecule has 9 heteroatoms. The number of carbonyl (C=O) groups excluding carboxylic acids is 3. The monoisotopic (exact) mass is 511 g/mol. The third-order valence-corrected chi connectivity index (χ3v) is 6.78. The van der Waals surface area contributed by atoms with Crippen LogP contribution in [0.25, 0.3) is 10.9 Å². The highest BCUT2D eigenvalue weighted by molar-refractivity contribution is 6.05. The fourth-order valence-corrected chi connectivity index (χ4v) is 4.59. The van der Waals surface area contributed by atoms with Crippen LogP contribution in [-0.2, 0) is 28.0 Å². The SMILES string of the molecule is CN[C@@H](C)C(=O)N[C@H](C(=O)N1Cc2ccccc2C1C(=O)Nc1cccc2c1ccn2C)C(C)C.Cl. The highest BCUT2D eigenvalue weighted by atomic mass is 35.5. The first-order valence-corrected chi connectivity index (χ1v) is 11.9. The number of aryl methyl sites for hydroxylation is 1. The van der Waals surface area contributed by atoms with Crippen LogP contribution >= 0.6 is 12.4 Å². The van der Waals surface area contributed by atoms with Crippen molar-refractivity contribution in [1.82, 2.24) is 20.1 Å². The van der Waals surface area contributed by atoms with E-state index >= 15 is 0 Å². The van der Waals surface area contributed by atoms with Gasteiger partial charge < -0.3 is 25.4 Å².